The van der Waals surface area contributed by atoms with E-state index in [4.69, 9.17) is 5.73 Å². The number of hydrogen-bond acceptors (Lipinski definition) is 2. The largest absolute Gasteiger partial charge is 0.396 e. The SMILES string of the molecule is CN(C(=O)c1ccc(N)c(F)c1)C1CCCCCC1. The number of benzene rings is 1. The average molecular weight is 264 g/mol. The smallest absolute Gasteiger partial charge is 0.253 e. The van der Waals surface area contributed by atoms with Crippen molar-refractivity contribution in [2.24, 2.45) is 0 Å². The number of amides is 1. The molecule has 4 heteroatoms. The van der Waals surface area contributed by atoms with Crippen LogP contribution in [-0.2, 0) is 0 Å². The fourth-order valence-corrected chi connectivity index (χ4v) is 2.67. The summed E-state index contributed by atoms with van der Waals surface area (Å²) < 4.78 is 13.4. The summed E-state index contributed by atoms with van der Waals surface area (Å²) in [5.74, 6) is -0.647. The molecule has 1 aliphatic carbocycles. The highest BCUT2D eigenvalue weighted by Crippen LogP contribution is 2.23. The van der Waals surface area contributed by atoms with Crippen LogP contribution in [0.5, 0.6) is 0 Å². The van der Waals surface area contributed by atoms with E-state index in [1.54, 1.807) is 11.0 Å². The van der Waals surface area contributed by atoms with Gasteiger partial charge in [0, 0.05) is 18.7 Å². The van der Waals surface area contributed by atoms with Crippen molar-refractivity contribution in [1.29, 1.82) is 0 Å². The number of nitrogens with two attached hydrogens (primary N) is 1. The monoisotopic (exact) mass is 264 g/mol. The van der Waals surface area contributed by atoms with Crippen molar-refractivity contribution in [3.05, 3.63) is 29.6 Å². The first-order valence-corrected chi connectivity index (χ1v) is 6.92. The van der Waals surface area contributed by atoms with Crippen LogP contribution in [-0.4, -0.2) is 23.9 Å². The van der Waals surface area contributed by atoms with Gasteiger partial charge in [-0.05, 0) is 31.0 Å². The molecular weight excluding hydrogens is 243 g/mol. The molecule has 0 unspecified atom stereocenters. The molecule has 0 radical (unpaired) electrons. The minimum Gasteiger partial charge on any atom is -0.396 e. The van der Waals surface area contributed by atoms with Crippen molar-refractivity contribution in [2.75, 3.05) is 12.8 Å². The molecule has 3 nitrogen and oxygen atoms in total. The molecule has 0 heterocycles. The van der Waals surface area contributed by atoms with Gasteiger partial charge < -0.3 is 10.6 Å². The molecule has 1 aromatic carbocycles. The molecule has 19 heavy (non-hydrogen) atoms. The number of nitrogen functional groups attached to an aromatic ring is 1. The highest BCUT2D eigenvalue weighted by molar-refractivity contribution is 5.94. The Balaban J connectivity index is 2.10. The number of carbonyl (C=O) groups is 1. The first-order valence-electron chi connectivity index (χ1n) is 6.92. The highest BCUT2D eigenvalue weighted by atomic mass is 19.1. The normalized spacial score (nSPS) is 16.9. The molecule has 1 amide bonds. The quantitative estimate of drug-likeness (QED) is 0.658. The summed E-state index contributed by atoms with van der Waals surface area (Å²) in [5, 5.41) is 0. The minimum absolute atomic E-state index is 0.0775. The molecule has 1 aromatic rings. The summed E-state index contributed by atoms with van der Waals surface area (Å²) in [4.78, 5) is 14.1. The van der Waals surface area contributed by atoms with Gasteiger partial charge in [0.1, 0.15) is 5.82 Å². The lowest BCUT2D eigenvalue weighted by Gasteiger charge is -2.27. The van der Waals surface area contributed by atoms with E-state index in [1.807, 2.05) is 7.05 Å². The maximum atomic E-state index is 13.4. The standard InChI is InChI=1S/C15H21FN2O/c1-18(12-6-4-2-3-5-7-12)15(19)11-8-9-14(17)13(16)10-11/h8-10,12H,2-7,17H2,1H3. The summed E-state index contributed by atoms with van der Waals surface area (Å²) in [7, 11) is 1.81. The van der Waals surface area contributed by atoms with Gasteiger partial charge in [0.05, 0.1) is 5.69 Å². The van der Waals surface area contributed by atoms with E-state index >= 15 is 0 Å². The van der Waals surface area contributed by atoms with Gasteiger partial charge in [-0.25, -0.2) is 4.39 Å². The third kappa shape index (κ3) is 3.25. The van der Waals surface area contributed by atoms with Gasteiger partial charge in [0.2, 0.25) is 0 Å². The third-order valence-corrected chi connectivity index (χ3v) is 3.94. The molecular formula is C15H21FN2O. The van der Waals surface area contributed by atoms with Gasteiger partial charge >= 0.3 is 0 Å². The number of rotatable bonds is 2. The zero-order chi connectivity index (χ0) is 13.8. The summed E-state index contributed by atoms with van der Waals surface area (Å²) in [6.45, 7) is 0. The van der Waals surface area contributed by atoms with Crippen LogP contribution in [0.3, 0.4) is 0 Å². The summed E-state index contributed by atoms with van der Waals surface area (Å²) in [6.07, 6.45) is 6.90. The van der Waals surface area contributed by atoms with Crippen LogP contribution >= 0.6 is 0 Å². The molecule has 0 spiro atoms. The number of nitrogens with zero attached hydrogens (tertiary/aromatic N) is 1. The van der Waals surface area contributed by atoms with Gasteiger partial charge in [-0.3, -0.25) is 4.79 Å². The summed E-state index contributed by atoms with van der Waals surface area (Å²) in [6, 6.07) is 4.54. The van der Waals surface area contributed by atoms with Gasteiger partial charge in [-0.1, -0.05) is 25.7 Å². The Kier molecular flexibility index (Phi) is 4.40. The first kappa shape index (κ1) is 13.8. The van der Waals surface area contributed by atoms with Crippen LogP contribution in [0.2, 0.25) is 0 Å². The average Bonchev–Trinajstić information content (AvgIpc) is 2.69. The van der Waals surface area contributed by atoms with Gasteiger partial charge in [-0.2, -0.15) is 0 Å². The van der Waals surface area contributed by atoms with Crippen molar-refractivity contribution in [1.82, 2.24) is 4.90 Å². The van der Waals surface area contributed by atoms with Crippen LogP contribution in [0.25, 0.3) is 0 Å². The van der Waals surface area contributed by atoms with Crippen molar-refractivity contribution >= 4 is 11.6 Å². The number of halogens is 1. The lowest BCUT2D eigenvalue weighted by molar-refractivity contribution is 0.0717. The Labute approximate surface area is 113 Å². The number of anilines is 1. The second kappa shape index (κ2) is 6.04. The van der Waals surface area contributed by atoms with Crippen LogP contribution in [0.1, 0.15) is 48.9 Å². The second-order valence-corrected chi connectivity index (χ2v) is 5.30. The zero-order valence-corrected chi connectivity index (χ0v) is 11.4. The fraction of sp³-hybridized carbons (Fsp3) is 0.533. The second-order valence-electron chi connectivity index (χ2n) is 5.30. The minimum atomic E-state index is -0.528. The maximum absolute atomic E-state index is 13.4. The van der Waals surface area contributed by atoms with Crippen LogP contribution < -0.4 is 5.73 Å². The fourth-order valence-electron chi connectivity index (χ4n) is 2.67. The maximum Gasteiger partial charge on any atom is 0.253 e. The molecule has 2 rings (SSSR count). The molecule has 0 saturated heterocycles. The van der Waals surface area contributed by atoms with Crippen molar-refractivity contribution < 1.29 is 9.18 Å². The molecule has 0 aliphatic heterocycles. The Bertz CT molecular complexity index is 453. The molecule has 0 bridgehead atoms. The summed E-state index contributed by atoms with van der Waals surface area (Å²) in [5.41, 5.74) is 5.88. The van der Waals surface area contributed by atoms with E-state index in [0.717, 1.165) is 12.8 Å². The lowest BCUT2D eigenvalue weighted by Crippen LogP contribution is -2.36. The topological polar surface area (TPSA) is 46.3 Å². The summed E-state index contributed by atoms with van der Waals surface area (Å²) >= 11 is 0. The van der Waals surface area contributed by atoms with Crippen LogP contribution in [0.15, 0.2) is 18.2 Å². The van der Waals surface area contributed by atoms with E-state index < -0.39 is 5.82 Å². The molecule has 0 aromatic heterocycles. The predicted octanol–water partition coefficient (Wildman–Crippen LogP) is 3.20. The van der Waals surface area contributed by atoms with E-state index in [1.165, 1.54) is 37.8 Å². The molecule has 104 valence electrons. The Morgan fingerprint density at radius 1 is 1.26 bits per heavy atom. The van der Waals surface area contributed by atoms with Crippen molar-refractivity contribution in [2.45, 2.75) is 44.6 Å². The van der Waals surface area contributed by atoms with Gasteiger partial charge in [0.25, 0.3) is 5.91 Å². The van der Waals surface area contributed by atoms with Crippen LogP contribution in [0, 0.1) is 5.82 Å². The van der Waals surface area contributed by atoms with Crippen LogP contribution in [0.4, 0.5) is 10.1 Å². The predicted molar refractivity (Wildman–Crippen MR) is 74.4 cm³/mol. The molecule has 1 aliphatic rings. The Morgan fingerprint density at radius 3 is 2.47 bits per heavy atom. The van der Waals surface area contributed by atoms with E-state index in [0.29, 0.717) is 5.56 Å². The van der Waals surface area contributed by atoms with E-state index in [-0.39, 0.29) is 17.6 Å². The highest BCUT2D eigenvalue weighted by Gasteiger charge is 2.22. The number of carbonyl (C=O) groups excluding carboxylic acids is 1. The van der Waals surface area contributed by atoms with E-state index in [9.17, 15) is 9.18 Å². The van der Waals surface area contributed by atoms with E-state index in [2.05, 4.69) is 0 Å². The Morgan fingerprint density at radius 2 is 1.89 bits per heavy atom. The lowest BCUT2D eigenvalue weighted by atomic mass is 10.1. The third-order valence-electron chi connectivity index (χ3n) is 3.94. The Hall–Kier alpha value is -1.58. The molecule has 1 saturated carbocycles. The van der Waals surface area contributed by atoms with Gasteiger partial charge in [0.15, 0.2) is 0 Å². The molecule has 1 fully saturated rings. The molecule has 0 atom stereocenters. The van der Waals surface area contributed by atoms with Crippen molar-refractivity contribution in [3.63, 3.8) is 0 Å². The zero-order valence-electron chi connectivity index (χ0n) is 11.4. The number of hydrogen-bond donors (Lipinski definition) is 1. The molecule has 2 N–H and O–H groups in total. The van der Waals surface area contributed by atoms with Gasteiger partial charge in [-0.15, -0.1) is 0 Å². The van der Waals surface area contributed by atoms with Crippen molar-refractivity contribution in [3.8, 4) is 0 Å². The first-order chi connectivity index (χ1) is 9.09.